The van der Waals surface area contributed by atoms with Gasteiger partial charge in [-0.2, -0.15) is 5.26 Å². The Labute approximate surface area is 132 Å². The van der Waals surface area contributed by atoms with Gasteiger partial charge in [-0.3, -0.25) is 0 Å². The number of fused-ring (bicyclic) bond motifs is 1. The predicted molar refractivity (Wildman–Crippen MR) is 88.8 cm³/mol. The van der Waals surface area contributed by atoms with Gasteiger partial charge in [0.15, 0.2) is 0 Å². The SMILES string of the molecule is N#Cc1cccc([C@H]2CC[C@@H]3[C@H]2CCN3c2ccccc2)c1. The number of nitrogens with zero attached hydrogens (tertiary/aromatic N) is 2. The minimum absolute atomic E-state index is 0.618. The summed E-state index contributed by atoms with van der Waals surface area (Å²) in [5.74, 6) is 1.35. The molecule has 3 atom stereocenters. The van der Waals surface area contributed by atoms with Crippen molar-refractivity contribution in [3.8, 4) is 6.07 Å². The fourth-order valence-electron chi connectivity index (χ4n) is 4.47. The lowest BCUT2D eigenvalue weighted by Crippen LogP contribution is -2.30. The highest BCUT2D eigenvalue weighted by atomic mass is 15.2. The van der Waals surface area contributed by atoms with Crippen molar-refractivity contribution in [1.82, 2.24) is 0 Å². The highest BCUT2D eigenvalue weighted by Gasteiger charge is 2.44. The number of rotatable bonds is 2. The van der Waals surface area contributed by atoms with Gasteiger partial charge in [0.05, 0.1) is 11.6 Å². The molecular formula is C20H20N2. The summed E-state index contributed by atoms with van der Waals surface area (Å²) in [5.41, 5.74) is 3.52. The third-order valence-corrected chi connectivity index (χ3v) is 5.42. The van der Waals surface area contributed by atoms with E-state index < -0.39 is 0 Å². The van der Waals surface area contributed by atoms with E-state index in [-0.39, 0.29) is 0 Å². The van der Waals surface area contributed by atoms with Crippen molar-refractivity contribution in [2.45, 2.75) is 31.2 Å². The second-order valence-corrected chi connectivity index (χ2v) is 6.47. The number of hydrogen-bond acceptors (Lipinski definition) is 2. The molecule has 2 aromatic rings. The molecule has 4 rings (SSSR count). The fourth-order valence-corrected chi connectivity index (χ4v) is 4.47. The van der Waals surface area contributed by atoms with Gasteiger partial charge in [-0.05, 0) is 60.9 Å². The molecule has 0 aromatic heterocycles. The monoisotopic (exact) mass is 288 g/mol. The molecule has 2 aliphatic rings. The van der Waals surface area contributed by atoms with Crippen LogP contribution in [0.3, 0.4) is 0 Å². The molecule has 0 radical (unpaired) electrons. The molecule has 1 aliphatic heterocycles. The number of benzene rings is 2. The van der Waals surface area contributed by atoms with Crippen molar-refractivity contribution < 1.29 is 0 Å². The lowest BCUT2D eigenvalue weighted by molar-refractivity contribution is 0.483. The van der Waals surface area contributed by atoms with E-state index in [0.29, 0.717) is 12.0 Å². The van der Waals surface area contributed by atoms with Crippen LogP contribution in [0.25, 0.3) is 0 Å². The van der Waals surface area contributed by atoms with E-state index in [0.717, 1.165) is 18.0 Å². The van der Waals surface area contributed by atoms with Crippen LogP contribution in [0.2, 0.25) is 0 Å². The molecule has 1 heterocycles. The molecule has 2 aromatic carbocycles. The van der Waals surface area contributed by atoms with Gasteiger partial charge in [-0.1, -0.05) is 30.3 Å². The first-order chi connectivity index (χ1) is 10.9. The van der Waals surface area contributed by atoms with Gasteiger partial charge >= 0.3 is 0 Å². The van der Waals surface area contributed by atoms with E-state index in [1.54, 1.807) is 0 Å². The molecular weight excluding hydrogens is 268 g/mol. The predicted octanol–water partition coefficient (Wildman–Crippen LogP) is 4.33. The first-order valence-electron chi connectivity index (χ1n) is 8.18. The van der Waals surface area contributed by atoms with Gasteiger partial charge in [-0.15, -0.1) is 0 Å². The maximum Gasteiger partial charge on any atom is 0.0991 e. The molecule has 0 N–H and O–H groups in total. The third-order valence-electron chi connectivity index (χ3n) is 5.42. The quantitative estimate of drug-likeness (QED) is 0.822. The zero-order valence-corrected chi connectivity index (χ0v) is 12.7. The zero-order valence-electron chi connectivity index (χ0n) is 12.7. The molecule has 1 saturated heterocycles. The Morgan fingerprint density at radius 1 is 0.955 bits per heavy atom. The summed E-state index contributed by atoms with van der Waals surface area (Å²) in [6.45, 7) is 1.16. The van der Waals surface area contributed by atoms with Crippen molar-refractivity contribution in [3.05, 3.63) is 65.7 Å². The zero-order chi connectivity index (χ0) is 14.9. The molecule has 0 spiro atoms. The Bertz CT molecular complexity index is 701. The molecule has 0 bridgehead atoms. The van der Waals surface area contributed by atoms with Crippen molar-refractivity contribution in [1.29, 1.82) is 5.26 Å². The average molecular weight is 288 g/mol. The average Bonchev–Trinajstić information content (AvgIpc) is 3.17. The highest BCUT2D eigenvalue weighted by molar-refractivity contribution is 5.49. The Kier molecular flexibility index (Phi) is 3.35. The second kappa shape index (κ2) is 5.50. The molecule has 0 unspecified atom stereocenters. The fraction of sp³-hybridized carbons (Fsp3) is 0.350. The van der Waals surface area contributed by atoms with Gasteiger partial charge in [0.1, 0.15) is 0 Å². The van der Waals surface area contributed by atoms with Crippen molar-refractivity contribution in [3.63, 3.8) is 0 Å². The summed E-state index contributed by atoms with van der Waals surface area (Å²) in [6.07, 6.45) is 3.77. The van der Waals surface area contributed by atoms with Crippen molar-refractivity contribution in [2.75, 3.05) is 11.4 Å². The normalized spacial score (nSPS) is 26.7. The van der Waals surface area contributed by atoms with E-state index >= 15 is 0 Å². The first-order valence-corrected chi connectivity index (χ1v) is 8.18. The molecule has 22 heavy (non-hydrogen) atoms. The summed E-state index contributed by atoms with van der Waals surface area (Å²) in [4.78, 5) is 2.60. The van der Waals surface area contributed by atoms with Crippen LogP contribution in [0.4, 0.5) is 5.69 Å². The number of nitriles is 1. The van der Waals surface area contributed by atoms with Crippen LogP contribution in [-0.4, -0.2) is 12.6 Å². The summed E-state index contributed by atoms with van der Waals surface area (Å²) in [7, 11) is 0. The van der Waals surface area contributed by atoms with Gasteiger partial charge in [0, 0.05) is 18.3 Å². The van der Waals surface area contributed by atoms with Crippen LogP contribution in [0, 0.1) is 17.2 Å². The van der Waals surface area contributed by atoms with Crippen molar-refractivity contribution in [2.24, 2.45) is 5.92 Å². The minimum atomic E-state index is 0.618. The lowest BCUT2D eigenvalue weighted by Gasteiger charge is -2.26. The van der Waals surface area contributed by atoms with E-state index in [1.807, 2.05) is 12.1 Å². The largest absolute Gasteiger partial charge is 0.368 e. The maximum atomic E-state index is 9.12. The smallest absolute Gasteiger partial charge is 0.0991 e. The van der Waals surface area contributed by atoms with Crippen LogP contribution < -0.4 is 4.90 Å². The van der Waals surface area contributed by atoms with Gasteiger partial charge in [-0.25, -0.2) is 0 Å². The molecule has 2 heteroatoms. The minimum Gasteiger partial charge on any atom is -0.368 e. The number of anilines is 1. The van der Waals surface area contributed by atoms with Gasteiger partial charge in [0.25, 0.3) is 0 Å². The molecule has 110 valence electrons. The van der Waals surface area contributed by atoms with Crippen molar-refractivity contribution >= 4 is 5.69 Å². The van der Waals surface area contributed by atoms with Crippen LogP contribution >= 0.6 is 0 Å². The Morgan fingerprint density at radius 3 is 2.64 bits per heavy atom. The van der Waals surface area contributed by atoms with Crippen LogP contribution in [0.15, 0.2) is 54.6 Å². The van der Waals surface area contributed by atoms with Crippen LogP contribution in [0.5, 0.6) is 0 Å². The molecule has 1 aliphatic carbocycles. The summed E-state index contributed by atoms with van der Waals surface area (Å²) < 4.78 is 0. The molecule has 0 amide bonds. The van der Waals surface area contributed by atoms with Gasteiger partial charge in [0.2, 0.25) is 0 Å². The van der Waals surface area contributed by atoms with Crippen LogP contribution in [-0.2, 0) is 0 Å². The number of para-hydroxylation sites is 1. The highest BCUT2D eigenvalue weighted by Crippen LogP contribution is 2.48. The molecule has 2 nitrogen and oxygen atoms in total. The Morgan fingerprint density at radius 2 is 1.82 bits per heavy atom. The third kappa shape index (κ3) is 2.18. The van der Waals surface area contributed by atoms with E-state index in [4.69, 9.17) is 5.26 Å². The standard InChI is InChI=1S/C20H20N2/c21-14-15-5-4-6-16(13-15)18-9-10-20-19(18)11-12-22(20)17-7-2-1-3-8-17/h1-8,13,18-20H,9-12H2/t18-,19+,20-/m1/s1. The maximum absolute atomic E-state index is 9.12. The number of hydrogen-bond donors (Lipinski definition) is 0. The second-order valence-electron chi connectivity index (χ2n) is 6.47. The summed E-state index contributed by atoms with van der Waals surface area (Å²) in [5, 5.41) is 9.12. The summed E-state index contributed by atoms with van der Waals surface area (Å²) >= 11 is 0. The van der Waals surface area contributed by atoms with E-state index in [9.17, 15) is 0 Å². The summed E-state index contributed by atoms with van der Waals surface area (Å²) in [6, 6.07) is 22.0. The van der Waals surface area contributed by atoms with Crippen LogP contribution in [0.1, 0.15) is 36.3 Å². The van der Waals surface area contributed by atoms with E-state index in [1.165, 1.54) is 30.5 Å². The first kappa shape index (κ1) is 13.4. The van der Waals surface area contributed by atoms with Gasteiger partial charge < -0.3 is 4.90 Å². The molecule has 1 saturated carbocycles. The topological polar surface area (TPSA) is 27.0 Å². The lowest BCUT2D eigenvalue weighted by atomic mass is 9.86. The van der Waals surface area contributed by atoms with E-state index in [2.05, 4.69) is 53.4 Å². The Hall–Kier alpha value is -2.27. The Balaban J connectivity index is 1.59. The molecule has 2 fully saturated rings.